The largest absolute Gasteiger partial charge is 0.352 e. The minimum atomic E-state index is -0.328. The second kappa shape index (κ2) is 6.69. The van der Waals surface area contributed by atoms with Crippen LogP contribution in [0, 0.1) is 5.92 Å². The molecule has 5 nitrogen and oxygen atoms in total. The average Bonchev–Trinajstić information content (AvgIpc) is 3.20. The van der Waals surface area contributed by atoms with Gasteiger partial charge in [0, 0.05) is 24.9 Å². The van der Waals surface area contributed by atoms with Crippen molar-refractivity contribution in [2.75, 3.05) is 26.3 Å². The molecule has 0 aromatic carbocycles. The molecule has 2 atom stereocenters. The Morgan fingerprint density at radius 1 is 1.04 bits per heavy atom. The Hall–Kier alpha value is -0.650. The summed E-state index contributed by atoms with van der Waals surface area (Å²) in [6.07, 6.45) is 10.4. The van der Waals surface area contributed by atoms with E-state index < -0.39 is 0 Å². The SMILES string of the molecule is O=C(CN1CCC[C@@H]2CCC[C@@H]21)NC1CCC2(CC1)OCCO2. The summed E-state index contributed by atoms with van der Waals surface area (Å²) in [5, 5.41) is 3.26. The normalized spacial score (nSPS) is 34.6. The third kappa shape index (κ3) is 3.42. The van der Waals surface area contributed by atoms with E-state index in [0.29, 0.717) is 31.8 Å². The number of amides is 1. The maximum absolute atomic E-state index is 12.5. The first kappa shape index (κ1) is 15.9. The van der Waals surface area contributed by atoms with Gasteiger partial charge in [-0.2, -0.15) is 0 Å². The van der Waals surface area contributed by atoms with Crippen molar-refractivity contribution in [3.63, 3.8) is 0 Å². The number of ether oxygens (including phenoxy) is 2. The monoisotopic (exact) mass is 322 g/mol. The highest BCUT2D eigenvalue weighted by atomic mass is 16.7. The van der Waals surface area contributed by atoms with Crippen LogP contribution in [0.1, 0.15) is 57.8 Å². The highest BCUT2D eigenvalue weighted by molar-refractivity contribution is 5.78. The molecule has 1 N–H and O–H groups in total. The third-order valence-electron chi connectivity index (χ3n) is 6.38. The van der Waals surface area contributed by atoms with Gasteiger partial charge in [-0.05, 0) is 51.0 Å². The molecule has 2 saturated carbocycles. The molecule has 4 fully saturated rings. The molecule has 1 amide bonds. The van der Waals surface area contributed by atoms with Crippen LogP contribution in [0.25, 0.3) is 0 Å². The zero-order chi connectivity index (χ0) is 15.7. The van der Waals surface area contributed by atoms with Crippen LogP contribution in [0.15, 0.2) is 0 Å². The molecule has 0 aromatic heterocycles. The molecular formula is C18H30N2O3. The standard InChI is InChI=1S/C18H30N2O3/c21-17(13-20-10-2-4-14-3-1-5-16(14)20)19-15-6-8-18(9-7-15)22-11-12-23-18/h14-16H,1-13H2,(H,19,21)/t14-,16-/m0/s1. The third-order valence-corrected chi connectivity index (χ3v) is 6.38. The number of fused-ring (bicyclic) bond motifs is 1. The number of likely N-dealkylation sites (tertiary alicyclic amines) is 1. The Bertz CT molecular complexity index is 426. The number of piperidine rings is 1. The van der Waals surface area contributed by atoms with E-state index in [1.54, 1.807) is 0 Å². The van der Waals surface area contributed by atoms with Gasteiger partial charge in [0.15, 0.2) is 5.79 Å². The van der Waals surface area contributed by atoms with E-state index in [4.69, 9.17) is 9.47 Å². The molecule has 2 heterocycles. The summed E-state index contributed by atoms with van der Waals surface area (Å²) in [7, 11) is 0. The summed E-state index contributed by atoms with van der Waals surface area (Å²) in [6, 6.07) is 0.967. The average molecular weight is 322 g/mol. The van der Waals surface area contributed by atoms with Crippen molar-refractivity contribution in [1.82, 2.24) is 10.2 Å². The van der Waals surface area contributed by atoms with Crippen LogP contribution in [0.4, 0.5) is 0 Å². The van der Waals surface area contributed by atoms with E-state index in [-0.39, 0.29) is 11.7 Å². The first-order chi connectivity index (χ1) is 11.2. The molecule has 4 rings (SSSR count). The zero-order valence-corrected chi connectivity index (χ0v) is 14.1. The number of hydrogen-bond acceptors (Lipinski definition) is 4. The number of nitrogens with one attached hydrogen (secondary N) is 1. The molecule has 1 spiro atoms. The fraction of sp³-hybridized carbons (Fsp3) is 0.944. The Labute approximate surface area is 139 Å². The van der Waals surface area contributed by atoms with Crippen molar-refractivity contribution >= 4 is 5.91 Å². The first-order valence-electron chi connectivity index (χ1n) is 9.55. The van der Waals surface area contributed by atoms with E-state index in [2.05, 4.69) is 10.2 Å². The molecule has 0 bridgehead atoms. The smallest absolute Gasteiger partial charge is 0.234 e. The predicted molar refractivity (Wildman–Crippen MR) is 87.0 cm³/mol. The lowest BCUT2D eigenvalue weighted by Gasteiger charge is -2.38. The van der Waals surface area contributed by atoms with E-state index >= 15 is 0 Å². The Balaban J connectivity index is 1.24. The molecule has 5 heteroatoms. The number of carbonyl (C=O) groups excluding carboxylic acids is 1. The molecule has 4 aliphatic rings. The van der Waals surface area contributed by atoms with Gasteiger partial charge in [0.1, 0.15) is 0 Å². The minimum Gasteiger partial charge on any atom is -0.352 e. The van der Waals surface area contributed by atoms with Crippen LogP contribution >= 0.6 is 0 Å². The molecule has 2 saturated heterocycles. The Kier molecular flexibility index (Phi) is 4.61. The molecule has 2 aliphatic carbocycles. The van der Waals surface area contributed by atoms with Gasteiger partial charge < -0.3 is 14.8 Å². The predicted octanol–water partition coefficient (Wildman–Crippen LogP) is 2.05. The van der Waals surface area contributed by atoms with Crippen molar-refractivity contribution in [2.45, 2.75) is 75.7 Å². The molecular weight excluding hydrogens is 292 g/mol. The van der Waals surface area contributed by atoms with Crippen LogP contribution in [-0.4, -0.2) is 55.0 Å². The molecule has 130 valence electrons. The topological polar surface area (TPSA) is 50.8 Å². The number of rotatable bonds is 3. The number of nitrogens with zero attached hydrogens (tertiary/aromatic N) is 1. The quantitative estimate of drug-likeness (QED) is 0.864. The fourth-order valence-corrected chi connectivity index (χ4v) is 5.20. The Morgan fingerprint density at radius 3 is 2.57 bits per heavy atom. The second-order valence-electron chi connectivity index (χ2n) is 7.82. The van der Waals surface area contributed by atoms with Gasteiger partial charge in [0.05, 0.1) is 19.8 Å². The van der Waals surface area contributed by atoms with Crippen LogP contribution < -0.4 is 5.32 Å². The fourth-order valence-electron chi connectivity index (χ4n) is 5.20. The lowest BCUT2D eigenvalue weighted by molar-refractivity contribution is -0.180. The van der Waals surface area contributed by atoms with E-state index in [9.17, 15) is 4.79 Å². The van der Waals surface area contributed by atoms with Gasteiger partial charge in [0.25, 0.3) is 0 Å². The lowest BCUT2D eigenvalue weighted by Crippen LogP contribution is -2.50. The molecule has 0 aromatic rings. The van der Waals surface area contributed by atoms with Gasteiger partial charge in [-0.15, -0.1) is 0 Å². The van der Waals surface area contributed by atoms with E-state index in [0.717, 1.165) is 38.1 Å². The molecule has 0 radical (unpaired) electrons. The van der Waals surface area contributed by atoms with Crippen molar-refractivity contribution < 1.29 is 14.3 Å². The summed E-state index contributed by atoms with van der Waals surface area (Å²) >= 11 is 0. The van der Waals surface area contributed by atoms with Crippen LogP contribution in [-0.2, 0) is 14.3 Å². The van der Waals surface area contributed by atoms with E-state index in [1.807, 2.05) is 0 Å². The van der Waals surface area contributed by atoms with Crippen LogP contribution in [0.3, 0.4) is 0 Å². The maximum atomic E-state index is 12.5. The second-order valence-corrected chi connectivity index (χ2v) is 7.82. The van der Waals surface area contributed by atoms with Gasteiger partial charge in [-0.1, -0.05) is 6.42 Å². The highest BCUT2D eigenvalue weighted by Crippen LogP contribution is 2.37. The summed E-state index contributed by atoms with van der Waals surface area (Å²) in [5.74, 6) is 0.736. The minimum absolute atomic E-state index is 0.215. The van der Waals surface area contributed by atoms with Gasteiger partial charge in [-0.3, -0.25) is 9.69 Å². The highest BCUT2D eigenvalue weighted by Gasteiger charge is 2.41. The first-order valence-corrected chi connectivity index (χ1v) is 9.55. The maximum Gasteiger partial charge on any atom is 0.234 e. The van der Waals surface area contributed by atoms with Gasteiger partial charge in [-0.25, -0.2) is 0 Å². The Morgan fingerprint density at radius 2 is 1.78 bits per heavy atom. The van der Waals surface area contributed by atoms with Crippen molar-refractivity contribution in [1.29, 1.82) is 0 Å². The summed E-state index contributed by atoms with van der Waals surface area (Å²) in [4.78, 5) is 14.9. The van der Waals surface area contributed by atoms with Gasteiger partial charge >= 0.3 is 0 Å². The molecule has 23 heavy (non-hydrogen) atoms. The van der Waals surface area contributed by atoms with Crippen molar-refractivity contribution in [3.05, 3.63) is 0 Å². The lowest BCUT2D eigenvalue weighted by atomic mass is 9.90. The molecule has 2 aliphatic heterocycles. The van der Waals surface area contributed by atoms with Gasteiger partial charge in [0.2, 0.25) is 5.91 Å². The number of hydrogen-bond donors (Lipinski definition) is 1. The van der Waals surface area contributed by atoms with Crippen molar-refractivity contribution in [3.8, 4) is 0 Å². The zero-order valence-electron chi connectivity index (χ0n) is 14.1. The van der Waals surface area contributed by atoms with E-state index in [1.165, 1.54) is 32.1 Å². The summed E-state index contributed by atoms with van der Waals surface area (Å²) in [5.41, 5.74) is 0. The van der Waals surface area contributed by atoms with Crippen LogP contribution in [0.2, 0.25) is 0 Å². The summed E-state index contributed by atoms with van der Waals surface area (Å²) < 4.78 is 11.5. The van der Waals surface area contributed by atoms with Crippen LogP contribution in [0.5, 0.6) is 0 Å². The number of carbonyl (C=O) groups is 1. The molecule has 0 unspecified atom stereocenters. The van der Waals surface area contributed by atoms with Crippen molar-refractivity contribution in [2.24, 2.45) is 5.92 Å². The summed E-state index contributed by atoms with van der Waals surface area (Å²) in [6.45, 7) is 3.13.